The molecule has 9 nitrogen and oxygen atoms in total. The summed E-state index contributed by atoms with van der Waals surface area (Å²) in [6.07, 6.45) is 2.71. The Bertz CT molecular complexity index is 882. The molecule has 1 heterocycles. The lowest BCUT2D eigenvalue weighted by molar-refractivity contribution is -0.140. The topological polar surface area (TPSA) is 130 Å². The minimum absolute atomic E-state index is 0.0336. The van der Waals surface area contributed by atoms with Crippen molar-refractivity contribution in [3.05, 3.63) is 0 Å². The van der Waals surface area contributed by atoms with Crippen molar-refractivity contribution in [2.24, 2.45) is 35.5 Å². The molecule has 222 valence electrons. The number of Topliss-reactive ketones (excluding diaryl/α,β-unsaturated/α-hetero) is 2. The smallest absolute Gasteiger partial charge is 0.233 e. The van der Waals surface area contributed by atoms with E-state index in [9.17, 15) is 28.8 Å². The van der Waals surface area contributed by atoms with E-state index in [0.717, 1.165) is 0 Å². The minimum atomic E-state index is -0.721. The highest BCUT2D eigenvalue weighted by atomic mass is 16.2. The molecule has 0 bridgehead atoms. The van der Waals surface area contributed by atoms with Gasteiger partial charge in [0.25, 0.3) is 0 Å². The predicted octanol–water partition coefficient (Wildman–Crippen LogP) is 3.68. The van der Waals surface area contributed by atoms with E-state index >= 15 is 0 Å². The first-order valence-corrected chi connectivity index (χ1v) is 14.6. The first kappa shape index (κ1) is 34.4. The molecule has 1 aliphatic heterocycles. The summed E-state index contributed by atoms with van der Waals surface area (Å²) < 4.78 is 0. The van der Waals surface area contributed by atoms with E-state index in [0.29, 0.717) is 44.7 Å². The lowest BCUT2D eigenvalue weighted by Crippen LogP contribution is -2.47. The standard InChI is InChI=1S/C30H51N3O6/c1-18(2)17-31-28(37)22(8)15-25(35)27(20(5)6)32-29(38)21(7)14-23(34)12-10-9-11-13-33-26(36)16-24(19(3)4)30(33)39/h18-22,24,27H,9-17H2,1-8H3,(H,31,37)(H,32,38)/t21-,22-,24?,27+/m1/s1. The Hall–Kier alpha value is -2.58. The molecule has 9 heteroatoms. The molecule has 0 aromatic carbocycles. The van der Waals surface area contributed by atoms with E-state index in [-0.39, 0.29) is 72.2 Å². The number of nitrogens with zero attached hydrogens (tertiary/aromatic N) is 1. The molecule has 0 radical (unpaired) electrons. The fraction of sp³-hybridized carbons (Fsp3) is 0.800. The van der Waals surface area contributed by atoms with Crippen molar-refractivity contribution in [2.75, 3.05) is 13.1 Å². The maximum atomic E-state index is 12.9. The van der Waals surface area contributed by atoms with Gasteiger partial charge in [-0.05, 0) is 30.6 Å². The lowest BCUT2D eigenvalue weighted by atomic mass is 9.91. The van der Waals surface area contributed by atoms with Crippen LogP contribution < -0.4 is 10.6 Å². The summed E-state index contributed by atoms with van der Waals surface area (Å²) in [7, 11) is 0. The summed E-state index contributed by atoms with van der Waals surface area (Å²) in [6, 6.07) is -0.721. The van der Waals surface area contributed by atoms with E-state index in [1.807, 2.05) is 41.5 Å². The highest BCUT2D eigenvalue weighted by Crippen LogP contribution is 2.26. The highest BCUT2D eigenvalue weighted by molar-refractivity contribution is 6.03. The SMILES string of the molecule is CC(C)CNC(=O)[C@H](C)CC(=O)[C@@H](NC(=O)[C@H](C)CC(=O)CCCCCN1C(=O)CC(C(C)C)C1=O)C(C)C. The monoisotopic (exact) mass is 549 g/mol. The van der Waals surface area contributed by atoms with Crippen molar-refractivity contribution in [3.63, 3.8) is 0 Å². The van der Waals surface area contributed by atoms with Gasteiger partial charge in [-0.15, -0.1) is 0 Å². The van der Waals surface area contributed by atoms with Crippen LogP contribution >= 0.6 is 0 Å². The Labute approximate surface area is 234 Å². The van der Waals surface area contributed by atoms with Gasteiger partial charge in [0.2, 0.25) is 23.6 Å². The van der Waals surface area contributed by atoms with Crippen LogP contribution in [0.5, 0.6) is 0 Å². The molecule has 0 spiro atoms. The van der Waals surface area contributed by atoms with Crippen LogP contribution in [0.2, 0.25) is 0 Å². The van der Waals surface area contributed by atoms with Gasteiger partial charge in [-0.3, -0.25) is 33.7 Å². The van der Waals surface area contributed by atoms with Gasteiger partial charge in [0.15, 0.2) is 5.78 Å². The van der Waals surface area contributed by atoms with E-state index in [1.165, 1.54) is 4.90 Å². The number of hydrogen-bond acceptors (Lipinski definition) is 6. The van der Waals surface area contributed by atoms with Crippen molar-refractivity contribution in [1.82, 2.24) is 15.5 Å². The third-order valence-corrected chi connectivity index (χ3v) is 7.35. The van der Waals surface area contributed by atoms with Crippen molar-refractivity contribution in [3.8, 4) is 0 Å². The molecule has 1 rings (SSSR count). The van der Waals surface area contributed by atoms with Crippen LogP contribution in [0.15, 0.2) is 0 Å². The minimum Gasteiger partial charge on any atom is -0.356 e. The number of carbonyl (C=O) groups is 6. The largest absolute Gasteiger partial charge is 0.356 e. The molecule has 1 aliphatic rings. The fourth-order valence-corrected chi connectivity index (χ4v) is 4.68. The number of hydrogen-bond donors (Lipinski definition) is 2. The quantitative estimate of drug-likeness (QED) is 0.198. The van der Waals surface area contributed by atoms with Crippen LogP contribution in [-0.2, 0) is 28.8 Å². The maximum absolute atomic E-state index is 12.9. The third-order valence-electron chi connectivity index (χ3n) is 7.35. The number of unbranched alkanes of at least 4 members (excludes halogenated alkanes) is 2. The van der Waals surface area contributed by atoms with Crippen molar-refractivity contribution < 1.29 is 28.8 Å². The molecule has 0 saturated carbocycles. The average molecular weight is 550 g/mol. The molecule has 1 saturated heterocycles. The van der Waals surface area contributed by atoms with Gasteiger partial charge in [0.05, 0.1) is 6.04 Å². The van der Waals surface area contributed by atoms with Crippen LogP contribution in [0, 0.1) is 35.5 Å². The van der Waals surface area contributed by atoms with Crippen LogP contribution in [0.3, 0.4) is 0 Å². The maximum Gasteiger partial charge on any atom is 0.233 e. The second kappa shape index (κ2) is 16.5. The Balaban J connectivity index is 2.43. The molecule has 0 aromatic heterocycles. The van der Waals surface area contributed by atoms with E-state index in [1.54, 1.807) is 13.8 Å². The number of nitrogens with one attached hydrogen (secondary N) is 2. The van der Waals surface area contributed by atoms with Crippen molar-refractivity contribution >= 4 is 35.2 Å². The van der Waals surface area contributed by atoms with Gasteiger partial charge in [0.1, 0.15) is 5.78 Å². The van der Waals surface area contributed by atoms with E-state index in [2.05, 4.69) is 10.6 Å². The van der Waals surface area contributed by atoms with Gasteiger partial charge in [0, 0.05) is 56.5 Å². The van der Waals surface area contributed by atoms with E-state index in [4.69, 9.17) is 0 Å². The average Bonchev–Trinajstić information content (AvgIpc) is 3.13. The van der Waals surface area contributed by atoms with Gasteiger partial charge < -0.3 is 10.6 Å². The summed E-state index contributed by atoms with van der Waals surface area (Å²) in [4.78, 5) is 76.3. The highest BCUT2D eigenvalue weighted by Gasteiger charge is 2.39. The molecular formula is C30H51N3O6. The van der Waals surface area contributed by atoms with E-state index < -0.39 is 17.9 Å². The van der Waals surface area contributed by atoms with Gasteiger partial charge in [-0.25, -0.2) is 0 Å². The van der Waals surface area contributed by atoms with Crippen molar-refractivity contribution in [2.45, 2.75) is 106 Å². The Kier molecular flexibility index (Phi) is 14.6. The van der Waals surface area contributed by atoms with Gasteiger partial charge >= 0.3 is 0 Å². The van der Waals surface area contributed by atoms with Gasteiger partial charge in [-0.2, -0.15) is 0 Å². The lowest BCUT2D eigenvalue weighted by Gasteiger charge is -2.24. The summed E-state index contributed by atoms with van der Waals surface area (Å²) in [6.45, 7) is 15.9. The molecule has 1 unspecified atom stereocenters. The molecule has 1 fully saturated rings. The van der Waals surface area contributed by atoms with Crippen molar-refractivity contribution in [1.29, 1.82) is 0 Å². The first-order chi connectivity index (χ1) is 18.1. The van der Waals surface area contributed by atoms with Crippen LogP contribution in [0.25, 0.3) is 0 Å². The second-order valence-corrected chi connectivity index (χ2v) is 12.3. The van der Waals surface area contributed by atoms with Crippen LogP contribution in [0.4, 0.5) is 0 Å². The summed E-state index contributed by atoms with van der Waals surface area (Å²) in [5.74, 6) is -1.96. The predicted molar refractivity (Wildman–Crippen MR) is 150 cm³/mol. The number of carbonyl (C=O) groups excluding carboxylic acids is 6. The number of amides is 4. The molecule has 2 N–H and O–H groups in total. The Morgan fingerprint density at radius 3 is 2.00 bits per heavy atom. The van der Waals surface area contributed by atoms with Crippen LogP contribution in [0.1, 0.15) is 100 Å². The Morgan fingerprint density at radius 1 is 0.846 bits per heavy atom. The molecule has 39 heavy (non-hydrogen) atoms. The summed E-state index contributed by atoms with van der Waals surface area (Å²) in [5, 5.41) is 5.64. The zero-order valence-corrected chi connectivity index (χ0v) is 25.3. The number of rotatable bonds is 18. The zero-order valence-electron chi connectivity index (χ0n) is 25.3. The summed E-state index contributed by atoms with van der Waals surface area (Å²) >= 11 is 0. The molecule has 4 amide bonds. The second-order valence-electron chi connectivity index (χ2n) is 12.3. The molecule has 4 atom stereocenters. The van der Waals surface area contributed by atoms with Gasteiger partial charge in [-0.1, -0.05) is 61.8 Å². The normalized spacial score (nSPS) is 18.0. The zero-order chi connectivity index (χ0) is 29.9. The first-order valence-electron chi connectivity index (χ1n) is 14.6. The van der Waals surface area contributed by atoms with Crippen LogP contribution in [-0.4, -0.2) is 59.2 Å². The molecule has 0 aliphatic carbocycles. The number of likely N-dealkylation sites (tertiary alicyclic amines) is 1. The number of imide groups is 1. The third kappa shape index (κ3) is 11.6. The Morgan fingerprint density at radius 2 is 1.46 bits per heavy atom. The fourth-order valence-electron chi connectivity index (χ4n) is 4.68. The molecular weight excluding hydrogens is 498 g/mol. The summed E-state index contributed by atoms with van der Waals surface area (Å²) in [5.41, 5.74) is 0. The molecule has 0 aromatic rings. The number of ketones is 2.